The van der Waals surface area contributed by atoms with Crippen LogP contribution >= 0.6 is 0 Å². The molecule has 5 rings (SSSR count). The minimum absolute atomic E-state index is 0.0634. The maximum atomic E-state index is 13.6. The van der Waals surface area contributed by atoms with Crippen LogP contribution in [0.3, 0.4) is 0 Å². The SMILES string of the molecule is CC(C)[C@@H](C)C=C[C@@H](C)[C@H]1CC[C@H]2c3ccc4c(c3CC[C@]12C)C(=O)c1c(O)ccc(O)c1C4=O. The van der Waals surface area contributed by atoms with Crippen molar-refractivity contribution in [1.29, 1.82) is 0 Å². The predicted octanol–water partition coefficient (Wildman–Crippen LogP) is 6.80. The van der Waals surface area contributed by atoms with Crippen molar-refractivity contribution >= 4 is 11.6 Å². The van der Waals surface area contributed by atoms with Gasteiger partial charge in [0.15, 0.2) is 11.6 Å². The number of allylic oxidation sites excluding steroid dienone is 2. The van der Waals surface area contributed by atoms with Crippen molar-refractivity contribution in [3.8, 4) is 11.5 Å². The van der Waals surface area contributed by atoms with E-state index < -0.39 is 0 Å². The van der Waals surface area contributed by atoms with E-state index in [0.29, 0.717) is 40.7 Å². The van der Waals surface area contributed by atoms with Gasteiger partial charge in [0.1, 0.15) is 11.5 Å². The maximum Gasteiger partial charge on any atom is 0.198 e. The number of fused-ring (bicyclic) bond motifs is 6. The average Bonchev–Trinajstić information content (AvgIpc) is 3.18. The Hall–Kier alpha value is -2.88. The lowest BCUT2D eigenvalue weighted by Gasteiger charge is -2.44. The molecule has 0 aromatic heterocycles. The van der Waals surface area contributed by atoms with Gasteiger partial charge in [-0.05, 0) is 90.0 Å². The van der Waals surface area contributed by atoms with E-state index in [4.69, 9.17) is 0 Å². The second-order valence-electron chi connectivity index (χ2n) is 11.7. The second-order valence-corrected chi connectivity index (χ2v) is 11.7. The van der Waals surface area contributed by atoms with Gasteiger partial charge in [-0.3, -0.25) is 9.59 Å². The molecule has 4 nitrogen and oxygen atoms in total. The summed E-state index contributed by atoms with van der Waals surface area (Å²) < 4.78 is 0. The van der Waals surface area contributed by atoms with Crippen LogP contribution in [0.2, 0.25) is 0 Å². The van der Waals surface area contributed by atoms with E-state index in [0.717, 1.165) is 31.2 Å². The topological polar surface area (TPSA) is 74.6 Å². The normalized spacial score (nSPS) is 26.9. The molecule has 1 fully saturated rings. The molecule has 5 atom stereocenters. The second kappa shape index (κ2) is 8.36. The van der Waals surface area contributed by atoms with Gasteiger partial charge in [0.05, 0.1) is 11.1 Å². The van der Waals surface area contributed by atoms with Crippen LogP contribution < -0.4 is 0 Å². The largest absolute Gasteiger partial charge is 0.507 e. The van der Waals surface area contributed by atoms with Gasteiger partial charge in [-0.1, -0.05) is 52.8 Å². The lowest BCUT2D eigenvalue weighted by molar-refractivity contribution is 0.0970. The zero-order valence-electron chi connectivity index (χ0n) is 21.4. The summed E-state index contributed by atoms with van der Waals surface area (Å²) >= 11 is 0. The summed E-state index contributed by atoms with van der Waals surface area (Å²) in [6.07, 6.45) is 8.75. The monoisotopic (exact) mass is 472 g/mol. The highest BCUT2D eigenvalue weighted by Crippen LogP contribution is 2.61. The smallest absolute Gasteiger partial charge is 0.198 e. The lowest BCUT2D eigenvalue weighted by atomic mass is 9.60. The number of ketones is 2. The molecule has 0 bridgehead atoms. The van der Waals surface area contributed by atoms with Crippen molar-refractivity contribution in [2.45, 2.75) is 66.2 Å². The van der Waals surface area contributed by atoms with Crippen molar-refractivity contribution < 1.29 is 19.8 Å². The summed E-state index contributed by atoms with van der Waals surface area (Å²) in [6, 6.07) is 6.38. The molecular formula is C31H36O4. The molecule has 0 unspecified atom stereocenters. The summed E-state index contributed by atoms with van der Waals surface area (Å²) in [5.41, 5.74) is 2.94. The first-order valence-corrected chi connectivity index (χ1v) is 13.0. The van der Waals surface area contributed by atoms with Crippen LogP contribution in [-0.4, -0.2) is 21.8 Å². The highest BCUT2D eigenvalue weighted by molar-refractivity contribution is 6.30. The van der Waals surface area contributed by atoms with Gasteiger partial charge in [-0.15, -0.1) is 0 Å². The molecule has 1 saturated carbocycles. The van der Waals surface area contributed by atoms with E-state index in [-0.39, 0.29) is 39.6 Å². The maximum absolute atomic E-state index is 13.6. The van der Waals surface area contributed by atoms with E-state index in [2.05, 4.69) is 52.8 Å². The van der Waals surface area contributed by atoms with Crippen LogP contribution in [0.25, 0.3) is 0 Å². The molecule has 0 amide bonds. The Morgan fingerprint density at radius 1 is 0.886 bits per heavy atom. The Morgan fingerprint density at radius 3 is 2.20 bits per heavy atom. The quantitative estimate of drug-likeness (QED) is 0.323. The van der Waals surface area contributed by atoms with Crippen LogP contribution in [0.4, 0.5) is 0 Å². The molecule has 3 aliphatic rings. The van der Waals surface area contributed by atoms with Gasteiger partial charge in [-0.2, -0.15) is 0 Å². The molecule has 0 saturated heterocycles. The summed E-state index contributed by atoms with van der Waals surface area (Å²) in [4.78, 5) is 26.9. The summed E-state index contributed by atoms with van der Waals surface area (Å²) in [5, 5.41) is 20.7. The van der Waals surface area contributed by atoms with Crippen LogP contribution in [0, 0.1) is 29.1 Å². The highest BCUT2D eigenvalue weighted by Gasteiger charge is 2.51. The van der Waals surface area contributed by atoms with Crippen molar-refractivity contribution in [1.82, 2.24) is 0 Å². The molecule has 184 valence electrons. The van der Waals surface area contributed by atoms with Crippen LogP contribution in [0.15, 0.2) is 36.4 Å². The van der Waals surface area contributed by atoms with E-state index in [1.807, 2.05) is 0 Å². The Bertz CT molecular complexity index is 1250. The fraction of sp³-hybridized carbons (Fsp3) is 0.484. The minimum atomic E-state index is -0.388. The third-order valence-corrected chi connectivity index (χ3v) is 9.54. The van der Waals surface area contributed by atoms with Gasteiger partial charge >= 0.3 is 0 Å². The van der Waals surface area contributed by atoms with Gasteiger partial charge in [0.25, 0.3) is 0 Å². The number of phenolic OH excluding ortho intramolecular Hbond substituents is 2. The van der Waals surface area contributed by atoms with Crippen LogP contribution in [-0.2, 0) is 6.42 Å². The van der Waals surface area contributed by atoms with Crippen molar-refractivity contribution in [3.63, 3.8) is 0 Å². The Kier molecular flexibility index (Phi) is 5.69. The number of hydrogen-bond acceptors (Lipinski definition) is 4. The molecule has 2 aromatic rings. The Balaban J connectivity index is 1.53. The molecule has 0 radical (unpaired) electrons. The first-order chi connectivity index (χ1) is 16.6. The molecule has 2 N–H and O–H groups in total. The third kappa shape index (κ3) is 3.48. The highest BCUT2D eigenvalue weighted by atomic mass is 16.3. The molecule has 4 heteroatoms. The lowest BCUT2D eigenvalue weighted by Crippen LogP contribution is -2.36. The summed E-state index contributed by atoms with van der Waals surface area (Å²) in [5.74, 6) is 1.34. The van der Waals surface area contributed by atoms with Crippen LogP contribution in [0.5, 0.6) is 11.5 Å². The molecule has 3 aliphatic carbocycles. The Labute approximate surface area is 208 Å². The number of carbonyl (C=O) groups excluding carboxylic acids is 2. The standard InChI is InChI=1S/C31H36O4/c1-16(2)17(3)6-7-18(4)22-10-11-23-19-8-9-21-26(20(19)14-15-31(22,23)5)30(35)28-25(33)13-12-24(32)27(28)29(21)34/h6-9,12-13,16-18,22-23,32-33H,10-11,14-15H2,1-5H3/t17-,18+,22+,23-,31+/m0/s1. The van der Waals surface area contributed by atoms with Crippen molar-refractivity contribution in [3.05, 3.63) is 69.8 Å². The molecule has 2 aromatic carbocycles. The molecule has 35 heavy (non-hydrogen) atoms. The number of carbonyl (C=O) groups is 2. The molecular weight excluding hydrogens is 436 g/mol. The number of aromatic hydroxyl groups is 2. The van der Waals surface area contributed by atoms with Crippen molar-refractivity contribution in [2.75, 3.05) is 0 Å². The zero-order valence-corrected chi connectivity index (χ0v) is 21.4. The average molecular weight is 473 g/mol. The predicted molar refractivity (Wildman–Crippen MR) is 137 cm³/mol. The van der Waals surface area contributed by atoms with Gasteiger partial charge in [0.2, 0.25) is 0 Å². The first kappa shape index (κ1) is 23.8. The number of benzene rings is 2. The van der Waals surface area contributed by atoms with E-state index in [1.54, 1.807) is 6.07 Å². The molecule has 0 aliphatic heterocycles. The summed E-state index contributed by atoms with van der Waals surface area (Å²) in [6.45, 7) is 11.6. The fourth-order valence-corrected chi connectivity index (χ4v) is 7.11. The molecule has 0 heterocycles. The molecule has 0 spiro atoms. The van der Waals surface area contributed by atoms with E-state index in [1.165, 1.54) is 17.7 Å². The summed E-state index contributed by atoms with van der Waals surface area (Å²) in [7, 11) is 0. The van der Waals surface area contributed by atoms with Crippen LogP contribution in [0.1, 0.15) is 103 Å². The first-order valence-electron chi connectivity index (χ1n) is 13.0. The van der Waals surface area contributed by atoms with Gasteiger partial charge in [0, 0.05) is 11.1 Å². The number of rotatable bonds is 4. The third-order valence-electron chi connectivity index (χ3n) is 9.54. The van der Waals surface area contributed by atoms with Gasteiger partial charge < -0.3 is 10.2 Å². The zero-order chi connectivity index (χ0) is 25.2. The fourth-order valence-electron chi connectivity index (χ4n) is 7.11. The minimum Gasteiger partial charge on any atom is -0.507 e. The van der Waals surface area contributed by atoms with Gasteiger partial charge in [-0.25, -0.2) is 0 Å². The van der Waals surface area contributed by atoms with Crippen molar-refractivity contribution in [2.24, 2.45) is 29.1 Å². The van der Waals surface area contributed by atoms with E-state index >= 15 is 0 Å². The van der Waals surface area contributed by atoms with E-state index in [9.17, 15) is 19.8 Å². The number of phenols is 2. The Morgan fingerprint density at radius 2 is 1.54 bits per heavy atom. The number of hydrogen-bond donors (Lipinski definition) is 2.